The second kappa shape index (κ2) is 7.69. The average Bonchev–Trinajstić information content (AvgIpc) is 3.07. The van der Waals surface area contributed by atoms with Gasteiger partial charge in [-0.25, -0.2) is 4.79 Å². The van der Waals surface area contributed by atoms with E-state index < -0.39 is 0 Å². The molecule has 130 valence electrons. The van der Waals surface area contributed by atoms with Gasteiger partial charge in [-0.1, -0.05) is 25.1 Å². The Hall–Kier alpha value is -2.04. The molecular formula is C19H27N3O2. The lowest BCUT2D eigenvalue weighted by atomic mass is 10.0. The number of rotatable bonds is 4. The molecule has 0 atom stereocenters. The second-order valence-corrected chi connectivity index (χ2v) is 6.73. The summed E-state index contributed by atoms with van der Waals surface area (Å²) in [6.45, 7) is 5.23. The summed E-state index contributed by atoms with van der Waals surface area (Å²) in [5.41, 5.74) is 3.97. The third-order valence-corrected chi connectivity index (χ3v) is 4.96. The first-order valence-corrected chi connectivity index (χ1v) is 9.08. The smallest absolute Gasteiger partial charge is 0.317 e. The molecule has 3 amide bonds. The van der Waals surface area contributed by atoms with E-state index >= 15 is 0 Å². The van der Waals surface area contributed by atoms with Crippen LogP contribution < -0.4 is 5.32 Å². The molecule has 0 radical (unpaired) electrons. The van der Waals surface area contributed by atoms with Crippen molar-refractivity contribution in [3.05, 3.63) is 34.9 Å². The Labute approximate surface area is 144 Å². The van der Waals surface area contributed by atoms with Crippen molar-refractivity contribution in [2.45, 2.75) is 39.0 Å². The minimum Gasteiger partial charge on any atom is -0.339 e. The second-order valence-electron chi connectivity index (χ2n) is 6.73. The van der Waals surface area contributed by atoms with Crippen molar-refractivity contribution >= 4 is 11.9 Å². The van der Waals surface area contributed by atoms with E-state index in [9.17, 15) is 9.59 Å². The molecule has 1 saturated heterocycles. The van der Waals surface area contributed by atoms with Gasteiger partial charge in [0.2, 0.25) is 5.91 Å². The molecular weight excluding hydrogens is 302 g/mol. The number of carbonyl (C=O) groups excluding carboxylic acids is 2. The number of hydrogen-bond donors (Lipinski definition) is 1. The summed E-state index contributed by atoms with van der Waals surface area (Å²) in [5.74, 6) is 0.168. The van der Waals surface area contributed by atoms with Crippen molar-refractivity contribution in [1.82, 2.24) is 15.1 Å². The van der Waals surface area contributed by atoms with Gasteiger partial charge >= 0.3 is 6.03 Å². The predicted octanol–water partition coefficient (Wildman–Crippen LogP) is 1.98. The van der Waals surface area contributed by atoms with Crippen LogP contribution in [-0.2, 0) is 24.1 Å². The minimum absolute atomic E-state index is 0.0115. The summed E-state index contributed by atoms with van der Waals surface area (Å²) < 4.78 is 0. The Balaban J connectivity index is 1.49. The highest BCUT2D eigenvalue weighted by Gasteiger charge is 2.24. The van der Waals surface area contributed by atoms with Gasteiger partial charge in [-0.05, 0) is 42.4 Å². The van der Waals surface area contributed by atoms with Crippen molar-refractivity contribution in [2.24, 2.45) is 0 Å². The fourth-order valence-corrected chi connectivity index (χ4v) is 3.52. The number of hydrogen-bond acceptors (Lipinski definition) is 2. The summed E-state index contributed by atoms with van der Waals surface area (Å²) in [4.78, 5) is 28.2. The molecule has 0 aromatic heterocycles. The SMILES string of the molecule is CCCNC(=O)N1CCN(C(=O)Cc2ccc3c(c2)CCC3)CC1. The number of nitrogens with one attached hydrogen (secondary N) is 1. The van der Waals surface area contributed by atoms with Crippen LogP contribution in [0.25, 0.3) is 0 Å². The monoisotopic (exact) mass is 329 g/mol. The van der Waals surface area contributed by atoms with Crippen LogP contribution in [0.15, 0.2) is 18.2 Å². The number of fused-ring (bicyclic) bond motifs is 1. The first kappa shape index (κ1) is 16.8. The van der Waals surface area contributed by atoms with Gasteiger partial charge in [0.1, 0.15) is 0 Å². The molecule has 1 aliphatic carbocycles. The van der Waals surface area contributed by atoms with Gasteiger partial charge in [-0.2, -0.15) is 0 Å². The maximum Gasteiger partial charge on any atom is 0.317 e. The normalized spacial score (nSPS) is 16.9. The Morgan fingerprint density at radius 3 is 2.50 bits per heavy atom. The highest BCUT2D eigenvalue weighted by Crippen LogP contribution is 2.23. The van der Waals surface area contributed by atoms with Crippen molar-refractivity contribution in [2.75, 3.05) is 32.7 Å². The number of benzene rings is 1. The number of aryl methyl sites for hydroxylation is 2. The fraction of sp³-hybridized carbons (Fsp3) is 0.579. The first-order valence-electron chi connectivity index (χ1n) is 9.08. The van der Waals surface area contributed by atoms with E-state index in [-0.39, 0.29) is 11.9 Å². The largest absolute Gasteiger partial charge is 0.339 e. The van der Waals surface area contributed by atoms with Crippen LogP contribution in [0.5, 0.6) is 0 Å². The molecule has 0 bridgehead atoms. The minimum atomic E-state index is -0.0115. The number of urea groups is 1. The molecule has 1 fully saturated rings. The summed E-state index contributed by atoms with van der Waals surface area (Å²) in [7, 11) is 0. The maximum atomic E-state index is 12.5. The summed E-state index contributed by atoms with van der Waals surface area (Å²) in [6, 6.07) is 6.47. The molecule has 0 saturated carbocycles. The van der Waals surface area contributed by atoms with Crippen LogP contribution in [0.3, 0.4) is 0 Å². The van der Waals surface area contributed by atoms with E-state index in [1.54, 1.807) is 4.90 Å². The van der Waals surface area contributed by atoms with E-state index in [4.69, 9.17) is 0 Å². The van der Waals surface area contributed by atoms with Crippen LogP contribution in [0, 0.1) is 0 Å². The number of carbonyl (C=O) groups is 2. The lowest BCUT2D eigenvalue weighted by Gasteiger charge is -2.34. The van der Waals surface area contributed by atoms with Gasteiger partial charge in [0.25, 0.3) is 0 Å². The van der Waals surface area contributed by atoms with Crippen LogP contribution in [0.2, 0.25) is 0 Å². The molecule has 24 heavy (non-hydrogen) atoms. The van der Waals surface area contributed by atoms with Crippen molar-refractivity contribution in [1.29, 1.82) is 0 Å². The third-order valence-electron chi connectivity index (χ3n) is 4.96. The van der Waals surface area contributed by atoms with Crippen LogP contribution in [0.4, 0.5) is 4.79 Å². The molecule has 1 N–H and O–H groups in total. The van der Waals surface area contributed by atoms with E-state index in [0.717, 1.165) is 18.4 Å². The molecule has 5 nitrogen and oxygen atoms in total. The van der Waals surface area contributed by atoms with Gasteiger partial charge in [0, 0.05) is 32.7 Å². The quantitative estimate of drug-likeness (QED) is 0.918. The Morgan fingerprint density at radius 1 is 1.04 bits per heavy atom. The van der Waals surface area contributed by atoms with E-state index in [1.165, 1.54) is 24.0 Å². The van der Waals surface area contributed by atoms with Gasteiger partial charge in [0.15, 0.2) is 0 Å². The molecule has 1 aromatic carbocycles. The zero-order valence-corrected chi connectivity index (χ0v) is 14.5. The molecule has 3 rings (SSSR count). The molecule has 5 heteroatoms. The van der Waals surface area contributed by atoms with Crippen molar-refractivity contribution in [3.8, 4) is 0 Å². The highest BCUT2D eigenvalue weighted by molar-refractivity contribution is 5.79. The lowest BCUT2D eigenvalue weighted by Crippen LogP contribution is -2.53. The average molecular weight is 329 g/mol. The van der Waals surface area contributed by atoms with Gasteiger partial charge in [0.05, 0.1) is 6.42 Å². The topological polar surface area (TPSA) is 52.7 Å². The Bertz CT molecular complexity index is 607. The molecule has 1 aliphatic heterocycles. The highest BCUT2D eigenvalue weighted by atomic mass is 16.2. The fourth-order valence-electron chi connectivity index (χ4n) is 3.52. The van der Waals surface area contributed by atoms with Crippen LogP contribution >= 0.6 is 0 Å². The van der Waals surface area contributed by atoms with E-state index in [1.807, 2.05) is 11.8 Å². The molecule has 1 aromatic rings. The summed E-state index contributed by atoms with van der Waals surface area (Å²) >= 11 is 0. The zero-order chi connectivity index (χ0) is 16.9. The van der Waals surface area contributed by atoms with Crippen LogP contribution in [0.1, 0.15) is 36.5 Å². The lowest BCUT2D eigenvalue weighted by molar-refractivity contribution is -0.131. The zero-order valence-electron chi connectivity index (χ0n) is 14.5. The van der Waals surface area contributed by atoms with Crippen LogP contribution in [-0.4, -0.2) is 54.5 Å². The number of piperazine rings is 1. The molecule has 0 unspecified atom stereocenters. The predicted molar refractivity (Wildman–Crippen MR) is 94.0 cm³/mol. The molecule has 1 heterocycles. The Kier molecular flexibility index (Phi) is 5.38. The number of amides is 3. The van der Waals surface area contributed by atoms with Crippen molar-refractivity contribution in [3.63, 3.8) is 0 Å². The van der Waals surface area contributed by atoms with Gasteiger partial charge in [-0.15, -0.1) is 0 Å². The van der Waals surface area contributed by atoms with E-state index in [0.29, 0.717) is 39.1 Å². The maximum absolute atomic E-state index is 12.5. The molecule has 2 aliphatic rings. The van der Waals surface area contributed by atoms with E-state index in [2.05, 4.69) is 23.5 Å². The van der Waals surface area contributed by atoms with Crippen molar-refractivity contribution < 1.29 is 9.59 Å². The first-order chi connectivity index (χ1) is 11.7. The molecule has 0 spiro atoms. The Morgan fingerprint density at radius 2 is 1.75 bits per heavy atom. The summed E-state index contributed by atoms with van der Waals surface area (Å²) in [5, 5.41) is 2.89. The third kappa shape index (κ3) is 3.89. The standard InChI is InChI=1S/C19H27N3O2/c1-2-8-20-19(24)22-11-9-21(10-12-22)18(23)14-15-6-7-16-4-3-5-17(16)13-15/h6-7,13H,2-5,8-12,14H2,1H3,(H,20,24). The number of nitrogens with zero attached hydrogens (tertiary/aromatic N) is 2. The van der Waals surface area contributed by atoms with Gasteiger partial charge in [-0.3, -0.25) is 4.79 Å². The van der Waals surface area contributed by atoms with Gasteiger partial charge < -0.3 is 15.1 Å². The summed E-state index contributed by atoms with van der Waals surface area (Å²) in [6.07, 6.45) is 4.95.